The van der Waals surface area contributed by atoms with Crippen molar-refractivity contribution < 1.29 is 9.53 Å². The minimum absolute atomic E-state index is 0.280. The number of nitrogens with zero attached hydrogens (tertiary/aromatic N) is 1. The van der Waals surface area contributed by atoms with Gasteiger partial charge in [-0.2, -0.15) is 0 Å². The SMILES string of the molecule is O=C1OCCN1c1[c]cccc1. The monoisotopic (exact) mass is 162 g/mol. The van der Waals surface area contributed by atoms with E-state index in [9.17, 15) is 4.79 Å². The Morgan fingerprint density at radius 2 is 2.42 bits per heavy atom. The summed E-state index contributed by atoms with van der Waals surface area (Å²) < 4.78 is 4.79. The second-order valence-electron chi connectivity index (χ2n) is 2.51. The van der Waals surface area contributed by atoms with Gasteiger partial charge in [0.05, 0.1) is 12.2 Å². The Bertz CT molecular complexity index is 284. The first-order valence-corrected chi connectivity index (χ1v) is 3.79. The molecule has 1 radical (unpaired) electrons. The number of amides is 1. The van der Waals surface area contributed by atoms with E-state index in [1.807, 2.05) is 18.2 Å². The van der Waals surface area contributed by atoms with Crippen LogP contribution in [0.25, 0.3) is 0 Å². The molecule has 0 spiro atoms. The molecule has 1 heterocycles. The molecule has 3 nitrogen and oxygen atoms in total. The summed E-state index contributed by atoms with van der Waals surface area (Å²) in [4.78, 5) is 12.6. The molecule has 0 aromatic heterocycles. The lowest BCUT2D eigenvalue weighted by Gasteiger charge is -2.10. The molecule has 1 aromatic carbocycles. The van der Waals surface area contributed by atoms with E-state index >= 15 is 0 Å². The van der Waals surface area contributed by atoms with E-state index in [1.165, 1.54) is 0 Å². The number of hydrogen-bond acceptors (Lipinski definition) is 2. The van der Waals surface area contributed by atoms with Crippen LogP contribution in [-0.2, 0) is 4.74 Å². The maximum atomic E-state index is 11.1. The highest BCUT2D eigenvalue weighted by Crippen LogP contribution is 2.16. The van der Waals surface area contributed by atoms with Crippen LogP contribution in [0.2, 0.25) is 0 Å². The van der Waals surface area contributed by atoms with Crippen LogP contribution in [0.5, 0.6) is 0 Å². The molecule has 12 heavy (non-hydrogen) atoms. The van der Waals surface area contributed by atoms with Crippen LogP contribution in [0.15, 0.2) is 24.3 Å². The number of carbonyl (C=O) groups is 1. The Hall–Kier alpha value is -1.51. The third-order valence-corrected chi connectivity index (χ3v) is 1.74. The minimum atomic E-state index is -0.280. The number of benzene rings is 1. The Labute approximate surface area is 70.6 Å². The number of carbonyl (C=O) groups excluding carboxylic acids is 1. The Kier molecular flexibility index (Phi) is 1.70. The summed E-state index contributed by atoms with van der Waals surface area (Å²) in [6.07, 6.45) is -0.280. The second-order valence-corrected chi connectivity index (χ2v) is 2.51. The average molecular weight is 162 g/mol. The summed E-state index contributed by atoms with van der Waals surface area (Å²) >= 11 is 0. The molecule has 1 aliphatic heterocycles. The highest BCUT2D eigenvalue weighted by Gasteiger charge is 2.22. The fourth-order valence-corrected chi connectivity index (χ4v) is 1.16. The Morgan fingerprint density at radius 1 is 1.50 bits per heavy atom. The van der Waals surface area contributed by atoms with Crippen LogP contribution >= 0.6 is 0 Å². The Morgan fingerprint density at radius 3 is 3.00 bits per heavy atom. The molecule has 0 saturated carbocycles. The predicted molar refractivity (Wildman–Crippen MR) is 44.0 cm³/mol. The summed E-state index contributed by atoms with van der Waals surface area (Å²) in [6, 6.07) is 10.3. The summed E-state index contributed by atoms with van der Waals surface area (Å²) in [5, 5.41) is 0. The van der Waals surface area contributed by atoms with Crippen LogP contribution in [-0.4, -0.2) is 19.2 Å². The normalized spacial score (nSPS) is 16.3. The molecule has 0 atom stereocenters. The first-order valence-electron chi connectivity index (χ1n) is 3.79. The van der Waals surface area contributed by atoms with Crippen molar-refractivity contribution in [3.8, 4) is 0 Å². The quantitative estimate of drug-likeness (QED) is 0.625. The van der Waals surface area contributed by atoms with E-state index in [1.54, 1.807) is 11.0 Å². The second kappa shape index (κ2) is 2.85. The van der Waals surface area contributed by atoms with Crippen LogP contribution < -0.4 is 4.90 Å². The highest BCUT2D eigenvalue weighted by molar-refractivity contribution is 5.88. The zero-order valence-electron chi connectivity index (χ0n) is 6.49. The zero-order valence-corrected chi connectivity index (χ0v) is 6.49. The number of ether oxygens (including phenoxy) is 1. The highest BCUT2D eigenvalue weighted by atomic mass is 16.6. The van der Waals surface area contributed by atoms with E-state index in [2.05, 4.69) is 6.07 Å². The maximum absolute atomic E-state index is 11.1. The van der Waals surface area contributed by atoms with Crippen LogP contribution in [0.3, 0.4) is 0 Å². The van der Waals surface area contributed by atoms with Crippen molar-refractivity contribution in [1.82, 2.24) is 0 Å². The van der Waals surface area contributed by atoms with Gasteiger partial charge >= 0.3 is 6.09 Å². The van der Waals surface area contributed by atoms with E-state index in [0.29, 0.717) is 13.2 Å². The largest absolute Gasteiger partial charge is 0.447 e. The smallest absolute Gasteiger partial charge is 0.414 e. The number of hydrogen-bond donors (Lipinski definition) is 0. The molecule has 0 bridgehead atoms. The van der Waals surface area contributed by atoms with E-state index in [-0.39, 0.29) is 6.09 Å². The van der Waals surface area contributed by atoms with Crippen molar-refractivity contribution in [1.29, 1.82) is 0 Å². The Balaban J connectivity index is 2.25. The molecule has 61 valence electrons. The van der Waals surface area contributed by atoms with Gasteiger partial charge in [0.2, 0.25) is 0 Å². The van der Waals surface area contributed by atoms with Crippen molar-refractivity contribution in [2.75, 3.05) is 18.1 Å². The van der Waals surface area contributed by atoms with Crippen molar-refractivity contribution in [3.63, 3.8) is 0 Å². The molecule has 1 fully saturated rings. The average Bonchev–Trinajstić information content (AvgIpc) is 2.53. The summed E-state index contributed by atoms with van der Waals surface area (Å²) in [7, 11) is 0. The first kappa shape index (κ1) is 7.16. The third kappa shape index (κ3) is 1.13. The van der Waals surface area contributed by atoms with Gasteiger partial charge in [-0.3, -0.25) is 4.90 Å². The zero-order chi connectivity index (χ0) is 8.39. The van der Waals surface area contributed by atoms with Crippen LogP contribution in [0.4, 0.5) is 10.5 Å². The summed E-state index contributed by atoms with van der Waals surface area (Å²) in [5.41, 5.74) is 0.778. The molecular formula is C9H8NO2. The van der Waals surface area contributed by atoms with Crippen molar-refractivity contribution in [2.45, 2.75) is 0 Å². The van der Waals surface area contributed by atoms with E-state index in [0.717, 1.165) is 5.69 Å². The molecule has 0 unspecified atom stereocenters. The lowest BCUT2D eigenvalue weighted by atomic mass is 10.3. The third-order valence-electron chi connectivity index (χ3n) is 1.74. The lowest BCUT2D eigenvalue weighted by molar-refractivity contribution is 0.181. The minimum Gasteiger partial charge on any atom is -0.447 e. The van der Waals surface area contributed by atoms with Gasteiger partial charge < -0.3 is 4.74 Å². The molecule has 3 heteroatoms. The summed E-state index contributed by atoms with van der Waals surface area (Å²) in [6.45, 7) is 1.10. The van der Waals surface area contributed by atoms with Gasteiger partial charge in [-0.05, 0) is 6.07 Å². The first-order chi connectivity index (χ1) is 5.88. The number of anilines is 1. The molecule has 0 N–H and O–H groups in total. The molecular weight excluding hydrogens is 154 g/mol. The van der Waals surface area contributed by atoms with Crippen molar-refractivity contribution in [2.24, 2.45) is 0 Å². The van der Waals surface area contributed by atoms with E-state index in [4.69, 9.17) is 4.74 Å². The van der Waals surface area contributed by atoms with Crippen molar-refractivity contribution in [3.05, 3.63) is 30.3 Å². The standard InChI is InChI=1S/C9H8NO2/c11-9-10(6-7-12-9)8-4-2-1-3-5-8/h1-4H,6-7H2. The van der Waals surface area contributed by atoms with Gasteiger partial charge in [0, 0.05) is 6.07 Å². The van der Waals surface area contributed by atoms with Crippen LogP contribution in [0, 0.1) is 6.07 Å². The molecule has 1 aromatic rings. The summed E-state index contributed by atoms with van der Waals surface area (Å²) in [5.74, 6) is 0. The molecule has 2 rings (SSSR count). The molecule has 1 saturated heterocycles. The maximum Gasteiger partial charge on any atom is 0.414 e. The predicted octanol–water partition coefficient (Wildman–Crippen LogP) is 1.44. The van der Waals surface area contributed by atoms with Gasteiger partial charge in [-0.25, -0.2) is 4.79 Å². The molecule has 0 aliphatic carbocycles. The van der Waals surface area contributed by atoms with Crippen molar-refractivity contribution >= 4 is 11.8 Å². The van der Waals surface area contributed by atoms with Gasteiger partial charge in [-0.15, -0.1) is 0 Å². The number of rotatable bonds is 1. The van der Waals surface area contributed by atoms with Crippen LogP contribution in [0.1, 0.15) is 0 Å². The van der Waals surface area contributed by atoms with E-state index < -0.39 is 0 Å². The van der Waals surface area contributed by atoms with Gasteiger partial charge in [0.15, 0.2) is 0 Å². The van der Waals surface area contributed by atoms with Gasteiger partial charge in [-0.1, -0.05) is 18.2 Å². The number of para-hydroxylation sites is 1. The van der Waals surface area contributed by atoms with Gasteiger partial charge in [0.1, 0.15) is 6.61 Å². The molecule has 1 amide bonds. The fourth-order valence-electron chi connectivity index (χ4n) is 1.16. The lowest BCUT2D eigenvalue weighted by Crippen LogP contribution is -2.23. The molecule has 1 aliphatic rings. The topological polar surface area (TPSA) is 29.5 Å². The van der Waals surface area contributed by atoms with Gasteiger partial charge in [0.25, 0.3) is 0 Å². The number of cyclic esters (lactones) is 1. The fraction of sp³-hybridized carbons (Fsp3) is 0.222.